The largest absolute Gasteiger partial charge is 0.395 e. The second kappa shape index (κ2) is 4.60. The maximum Gasteiger partial charge on any atom is 0.0582 e. The molecule has 2 N–H and O–H groups in total. The summed E-state index contributed by atoms with van der Waals surface area (Å²) in [5, 5.41) is 14.2. The van der Waals surface area contributed by atoms with Gasteiger partial charge in [-0.25, -0.2) is 0 Å². The Morgan fingerprint density at radius 2 is 2.33 bits per heavy atom. The van der Waals surface area contributed by atoms with Crippen LogP contribution in [0, 0.1) is 0 Å². The Morgan fingerprint density at radius 1 is 1.58 bits per heavy atom. The first-order valence-corrected chi connectivity index (χ1v) is 5.02. The van der Waals surface area contributed by atoms with Crippen LogP contribution in [-0.4, -0.2) is 17.8 Å². The van der Waals surface area contributed by atoms with Crippen molar-refractivity contribution in [1.82, 2.24) is 5.32 Å². The molecular formula is C9H15NOS. The Labute approximate surface area is 77.2 Å². The van der Waals surface area contributed by atoms with Crippen LogP contribution in [0.15, 0.2) is 17.5 Å². The average Bonchev–Trinajstić information content (AvgIpc) is 2.56. The van der Waals surface area contributed by atoms with Gasteiger partial charge in [0, 0.05) is 17.0 Å². The molecule has 3 heteroatoms. The van der Waals surface area contributed by atoms with Crippen molar-refractivity contribution in [1.29, 1.82) is 0 Å². The van der Waals surface area contributed by atoms with Crippen molar-refractivity contribution < 1.29 is 5.11 Å². The summed E-state index contributed by atoms with van der Waals surface area (Å²) >= 11 is 1.74. The van der Waals surface area contributed by atoms with E-state index < -0.39 is 0 Å². The van der Waals surface area contributed by atoms with E-state index in [-0.39, 0.29) is 12.6 Å². The van der Waals surface area contributed by atoms with Gasteiger partial charge in [0.25, 0.3) is 0 Å². The van der Waals surface area contributed by atoms with Gasteiger partial charge in [-0.15, -0.1) is 11.3 Å². The predicted octanol–water partition coefficient (Wildman–Crippen LogP) is 1.78. The third-order valence-corrected chi connectivity index (χ3v) is 2.83. The molecule has 0 spiro atoms. The van der Waals surface area contributed by atoms with Crippen molar-refractivity contribution in [3.8, 4) is 0 Å². The standard InChI is InChI=1S/C9H15NOS/c1-7(6-11)10-8(2)9-4-3-5-12-9/h3-5,7-8,10-11H,6H2,1-2H3/t7-,8-/m0/s1. The molecule has 2 nitrogen and oxygen atoms in total. The average molecular weight is 185 g/mol. The van der Waals surface area contributed by atoms with Crippen molar-refractivity contribution in [3.63, 3.8) is 0 Å². The normalized spacial score (nSPS) is 15.9. The van der Waals surface area contributed by atoms with Crippen LogP contribution in [0.1, 0.15) is 24.8 Å². The van der Waals surface area contributed by atoms with E-state index in [4.69, 9.17) is 5.11 Å². The molecule has 0 amide bonds. The summed E-state index contributed by atoms with van der Waals surface area (Å²) in [4.78, 5) is 1.32. The first kappa shape index (κ1) is 9.71. The summed E-state index contributed by atoms with van der Waals surface area (Å²) in [5.74, 6) is 0. The molecule has 0 aliphatic carbocycles. The van der Waals surface area contributed by atoms with E-state index in [1.807, 2.05) is 13.0 Å². The number of rotatable bonds is 4. The lowest BCUT2D eigenvalue weighted by molar-refractivity contribution is 0.243. The molecule has 0 saturated heterocycles. The fraction of sp³-hybridized carbons (Fsp3) is 0.556. The van der Waals surface area contributed by atoms with Crippen molar-refractivity contribution in [2.24, 2.45) is 0 Å². The molecule has 2 atom stereocenters. The number of thiophene rings is 1. The molecule has 0 aliphatic heterocycles. The number of nitrogens with one attached hydrogen (secondary N) is 1. The quantitative estimate of drug-likeness (QED) is 0.749. The van der Waals surface area contributed by atoms with Gasteiger partial charge in [0.2, 0.25) is 0 Å². The minimum absolute atomic E-state index is 0.169. The molecule has 0 fully saturated rings. The van der Waals surface area contributed by atoms with Gasteiger partial charge in [-0.2, -0.15) is 0 Å². The molecule has 0 unspecified atom stereocenters. The monoisotopic (exact) mass is 185 g/mol. The fourth-order valence-corrected chi connectivity index (χ4v) is 1.84. The molecule has 12 heavy (non-hydrogen) atoms. The molecule has 68 valence electrons. The molecule has 1 rings (SSSR count). The van der Waals surface area contributed by atoms with E-state index in [1.165, 1.54) is 4.88 Å². The van der Waals surface area contributed by atoms with Crippen LogP contribution in [0.5, 0.6) is 0 Å². The zero-order valence-corrected chi connectivity index (χ0v) is 8.27. The van der Waals surface area contributed by atoms with E-state index in [9.17, 15) is 0 Å². The van der Waals surface area contributed by atoms with Crippen LogP contribution >= 0.6 is 11.3 Å². The first-order valence-electron chi connectivity index (χ1n) is 4.14. The number of hydrogen-bond donors (Lipinski definition) is 2. The van der Waals surface area contributed by atoms with Gasteiger partial charge >= 0.3 is 0 Å². The summed E-state index contributed by atoms with van der Waals surface area (Å²) < 4.78 is 0. The van der Waals surface area contributed by atoms with Crippen LogP contribution in [0.25, 0.3) is 0 Å². The van der Waals surface area contributed by atoms with Gasteiger partial charge in [-0.1, -0.05) is 6.07 Å². The topological polar surface area (TPSA) is 32.3 Å². The number of hydrogen-bond acceptors (Lipinski definition) is 3. The van der Waals surface area contributed by atoms with Crippen LogP contribution in [-0.2, 0) is 0 Å². The molecule has 1 aromatic rings. The lowest BCUT2D eigenvalue weighted by atomic mass is 10.2. The van der Waals surface area contributed by atoms with E-state index in [0.29, 0.717) is 6.04 Å². The van der Waals surface area contributed by atoms with Crippen LogP contribution < -0.4 is 5.32 Å². The highest BCUT2D eigenvalue weighted by atomic mass is 32.1. The predicted molar refractivity (Wildman–Crippen MR) is 52.4 cm³/mol. The second-order valence-corrected chi connectivity index (χ2v) is 3.97. The third kappa shape index (κ3) is 2.59. The zero-order chi connectivity index (χ0) is 8.97. The van der Waals surface area contributed by atoms with Crippen molar-refractivity contribution in [3.05, 3.63) is 22.4 Å². The Bertz CT molecular complexity index is 210. The summed E-state index contributed by atoms with van der Waals surface area (Å²) in [6.07, 6.45) is 0. The van der Waals surface area contributed by atoms with Gasteiger partial charge in [-0.3, -0.25) is 0 Å². The molecular weight excluding hydrogens is 170 g/mol. The molecule has 0 bridgehead atoms. The van der Waals surface area contributed by atoms with Gasteiger partial charge in [-0.05, 0) is 25.3 Å². The lowest BCUT2D eigenvalue weighted by Gasteiger charge is -2.16. The highest BCUT2D eigenvalue weighted by Gasteiger charge is 2.08. The summed E-state index contributed by atoms with van der Waals surface area (Å²) in [6.45, 7) is 4.28. The van der Waals surface area contributed by atoms with Gasteiger partial charge in [0.1, 0.15) is 0 Å². The molecule has 0 aromatic carbocycles. The van der Waals surface area contributed by atoms with Gasteiger partial charge < -0.3 is 10.4 Å². The highest BCUT2D eigenvalue weighted by molar-refractivity contribution is 7.10. The van der Waals surface area contributed by atoms with E-state index in [2.05, 4.69) is 23.7 Å². The number of aliphatic hydroxyl groups excluding tert-OH is 1. The summed E-state index contributed by atoms with van der Waals surface area (Å²) in [7, 11) is 0. The SMILES string of the molecule is C[C@H](N[C@@H](C)CO)c1cccs1. The Hall–Kier alpha value is -0.380. The zero-order valence-electron chi connectivity index (χ0n) is 7.45. The first-order chi connectivity index (χ1) is 5.74. The van der Waals surface area contributed by atoms with E-state index in [1.54, 1.807) is 11.3 Å². The molecule has 1 heterocycles. The summed E-state index contributed by atoms with van der Waals surface area (Å²) in [6, 6.07) is 4.66. The fourth-order valence-electron chi connectivity index (χ4n) is 1.10. The molecule has 0 radical (unpaired) electrons. The minimum atomic E-state index is 0.169. The smallest absolute Gasteiger partial charge is 0.0582 e. The Balaban J connectivity index is 2.44. The van der Waals surface area contributed by atoms with Crippen molar-refractivity contribution in [2.75, 3.05) is 6.61 Å². The van der Waals surface area contributed by atoms with Crippen LogP contribution in [0.3, 0.4) is 0 Å². The molecule has 1 aromatic heterocycles. The van der Waals surface area contributed by atoms with Crippen LogP contribution in [0.4, 0.5) is 0 Å². The second-order valence-electron chi connectivity index (χ2n) is 2.99. The van der Waals surface area contributed by atoms with Gasteiger partial charge in [0.05, 0.1) is 6.61 Å². The van der Waals surface area contributed by atoms with E-state index in [0.717, 1.165) is 0 Å². The van der Waals surface area contributed by atoms with Crippen molar-refractivity contribution >= 4 is 11.3 Å². The van der Waals surface area contributed by atoms with Crippen molar-refractivity contribution in [2.45, 2.75) is 25.9 Å². The third-order valence-electron chi connectivity index (χ3n) is 1.78. The van der Waals surface area contributed by atoms with Gasteiger partial charge in [0.15, 0.2) is 0 Å². The Kier molecular flexibility index (Phi) is 3.72. The maximum atomic E-state index is 8.82. The maximum absolute atomic E-state index is 8.82. The van der Waals surface area contributed by atoms with E-state index >= 15 is 0 Å². The Morgan fingerprint density at radius 3 is 2.83 bits per heavy atom. The summed E-state index contributed by atoms with van der Waals surface area (Å²) in [5.41, 5.74) is 0. The molecule has 0 aliphatic rings. The highest BCUT2D eigenvalue weighted by Crippen LogP contribution is 2.18. The van der Waals surface area contributed by atoms with Crippen LogP contribution in [0.2, 0.25) is 0 Å². The lowest BCUT2D eigenvalue weighted by Crippen LogP contribution is -2.31. The number of aliphatic hydroxyl groups is 1. The minimum Gasteiger partial charge on any atom is -0.395 e. The molecule has 0 saturated carbocycles.